The van der Waals surface area contributed by atoms with Crippen LogP contribution in [0, 0.1) is 0 Å². The van der Waals surface area contributed by atoms with Crippen molar-refractivity contribution in [3.63, 3.8) is 0 Å². The van der Waals surface area contributed by atoms with Crippen LogP contribution in [-0.4, -0.2) is 39.8 Å². The van der Waals surface area contributed by atoms with Crippen molar-refractivity contribution in [2.24, 2.45) is 0 Å². The Labute approximate surface area is 147 Å². The fraction of sp³-hybridized carbons (Fsp3) is 0.556. The second kappa shape index (κ2) is 6.55. The molecule has 134 valence electrons. The number of ether oxygens (including phenoxy) is 1. The van der Waals surface area contributed by atoms with E-state index in [0.29, 0.717) is 5.56 Å². The maximum atomic E-state index is 11.5. The highest BCUT2D eigenvalue weighted by Crippen LogP contribution is 2.45. The van der Waals surface area contributed by atoms with Gasteiger partial charge in [-0.3, -0.25) is 0 Å². The molecule has 0 radical (unpaired) electrons. The zero-order chi connectivity index (χ0) is 18.1. The van der Waals surface area contributed by atoms with Gasteiger partial charge in [-0.2, -0.15) is 4.80 Å². The Balaban J connectivity index is 1.58. The Bertz CT molecular complexity index is 742. The summed E-state index contributed by atoms with van der Waals surface area (Å²) in [4.78, 5) is 13.2. The number of nitrogens with zero attached hydrogens (tertiary/aromatic N) is 4. The van der Waals surface area contributed by atoms with Gasteiger partial charge in [0.2, 0.25) is 0 Å². The van der Waals surface area contributed by atoms with Crippen LogP contribution in [0.4, 0.5) is 0 Å². The average Bonchev–Trinajstić information content (AvgIpc) is 3.21. The molecule has 25 heavy (non-hydrogen) atoms. The van der Waals surface area contributed by atoms with Gasteiger partial charge in [-0.25, -0.2) is 4.79 Å². The summed E-state index contributed by atoms with van der Waals surface area (Å²) in [5.41, 5.74) is 1.63. The van der Waals surface area contributed by atoms with Crippen LogP contribution < -0.4 is 5.32 Å². The third-order valence-corrected chi connectivity index (χ3v) is 4.48. The summed E-state index contributed by atoms with van der Waals surface area (Å²) in [6.45, 7) is 6.93. The molecule has 0 atom stereocenters. The van der Waals surface area contributed by atoms with Gasteiger partial charge < -0.3 is 10.1 Å². The number of hydrogen-bond acceptors (Lipinski definition) is 6. The first-order chi connectivity index (χ1) is 11.8. The first kappa shape index (κ1) is 17.5. The van der Waals surface area contributed by atoms with Crippen LogP contribution >= 0.6 is 0 Å². The van der Waals surface area contributed by atoms with Crippen molar-refractivity contribution in [3.05, 3.63) is 41.2 Å². The molecule has 1 heterocycles. The summed E-state index contributed by atoms with van der Waals surface area (Å²) in [6.07, 6.45) is 2.91. The smallest absolute Gasteiger partial charge is 0.337 e. The molecule has 1 N–H and O–H groups in total. The van der Waals surface area contributed by atoms with Crippen molar-refractivity contribution in [1.82, 2.24) is 25.5 Å². The van der Waals surface area contributed by atoms with Crippen LogP contribution in [0.15, 0.2) is 24.3 Å². The van der Waals surface area contributed by atoms with Crippen LogP contribution in [-0.2, 0) is 22.2 Å². The molecular formula is C18H25N5O2. The van der Waals surface area contributed by atoms with E-state index < -0.39 is 0 Å². The lowest BCUT2D eigenvalue weighted by molar-refractivity contribution is 0.0600. The van der Waals surface area contributed by atoms with Crippen LogP contribution in [0.3, 0.4) is 0 Å². The third kappa shape index (κ3) is 3.87. The van der Waals surface area contributed by atoms with Crippen LogP contribution in [0.25, 0.3) is 0 Å². The number of aromatic nitrogens is 4. The Morgan fingerprint density at radius 2 is 1.96 bits per heavy atom. The lowest BCUT2D eigenvalue weighted by atomic mass is 10.0. The molecule has 0 spiro atoms. The molecule has 0 aliphatic heterocycles. The molecule has 0 amide bonds. The standard InChI is InChI=1S/C18H25N5O2/c1-17(2,3)23-21-15(20-22-23)9-12-19-18(10-11-18)14-7-5-13(6-8-14)16(24)25-4/h5-8,19H,9-12H2,1-4H3. The highest BCUT2D eigenvalue weighted by molar-refractivity contribution is 5.89. The summed E-state index contributed by atoms with van der Waals surface area (Å²) in [5.74, 6) is 0.441. The van der Waals surface area contributed by atoms with Crippen molar-refractivity contribution < 1.29 is 9.53 Å². The quantitative estimate of drug-likeness (QED) is 0.808. The van der Waals surface area contributed by atoms with Gasteiger partial charge in [0.1, 0.15) is 0 Å². The zero-order valence-electron chi connectivity index (χ0n) is 15.2. The molecule has 1 aliphatic rings. The van der Waals surface area contributed by atoms with Crippen molar-refractivity contribution >= 4 is 5.97 Å². The number of carbonyl (C=O) groups excluding carboxylic acids is 1. The molecule has 1 aromatic carbocycles. The first-order valence-corrected chi connectivity index (χ1v) is 8.57. The first-order valence-electron chi connectivity index (χ1n) is 8.57. The van der Waals surface area contributed by atoms with Gasteiger partial charge in [-0.05, 0) is 56.5 Å². The van der Waals surface area contributed by atoms with Crippen molar-refractivity contribution in [2.75, 3.05) is 13.7 Å². The Morgan fingerprint density at radius 3 is 2.48 bits per heavy atom. The summed E-state index contributed by atoms with van der Waals surface area (Å²) >= 11 is 0. The molecule has 0 bridgehead atoms. The number of nitrogens with one attached hydrogen (secondary N) is 1. The summed E-state index contributed by atoms with van der Waals surface area (Å²) in [7, 11) is 1.39. The SMILES string of the molecule is COC(=O)c1ccc(C2(NCCc3nnn(C(C)(C)C)n3)CC2)cc1. The minimum absolute atomic E-state index is 0.00860. The second-order valence-electron chi connectivity index (χ2n) is 7.49. The van der Waals surface area contributed by atoms with E-state index >= 15 is 0 Å². The normalized spacial score (nSPS) is 15.8. The molecule has 7 heteroatoms. The Morgan fingerprint density at radius 1 is 1.28 bits per heavy atom. The van der Waals surface area contributed by atoms with Gasteiger partial charge in [-0.1, -0.05) is 12.1 Å². The predicted molar refractivity (Wildman–Crippen MR) is 93.2 cm³/mol. The monoisotopic (exact) mass is 343 g/mol. The van der Waals surface area contributed by atoms with E-state index in [-0.39, 0.29) is 17.0 Å². The van der Waals surface area contributed by atoms with E-state index in [0.717, 1.165) is 31.6 Å². The minimum atomic E-state index is -0.308. The van der Waals surface area contributed by atoms with E-state index in [1.54, 1.807) is 4.80 Å². The number of esters is 1. The van der Waals surface area contributed by atoms with Gasteiger partial charge in [0.15, 0.2) is 5.82 Å². The molecule has 7 nitrogen and oxygen atoms in total. The number of carbonyl (C=O) groups is 1. The van der Waals surface area contributed by atoms with Crippen LogP contribution in [0.5, 0.6) is 0 Å². The minimum Gasteiger partial charge on any atom is -0.465 e. The van der Waals surface area contributed by atoms with E-state index in [4.69, 9.17) is 4.74 Å². The topological polar surface area (TPSA) is 81.9 Å². The number of benzene rings is 1. The van der Waals surface area contributed by atoms with Gasteiger partial charge in [0, 0.05) is 18.5 Å². The average molecular weight is 343 g/mol. The molecular weight excluding hydrogens is 318 g/mol. The molecule has 1 aromatic heterocycles. The summed E-state index contributed by atoms with van der Waals surface area (Å²) < 4.78 is 4.74. The van der Waals surface area contributed by atoms with Crippen molar-refractivity contribution in [2.45, 2.75) is 51.1 Å². The van der Waals surface area contributed by atoms with E-state index in [2.05, 4.69) is 20.7 Å². The molecule has 2 aromatic rings. The Kier molecular flexibility index (Phi) is 4.60. The van der Waals surface area contributed by atoms with Crippen molar-refractivity contribution in [1.29, 1.82) is 0 Å². The van der Waals surface area contributed by atoms with Crippen molar-refractivity contribution in [3.8, 4) is 0 Å². The highest BCUT2D eigenvalue weighted by atomic mass is 16.5. The fourth-order valence-corrected chi connectivity index (χ4v) is 2.78. The number of methoxy groups -OCH3 is 1. The third-order valence-electron chi connectivity index (χ3n) is 4.48. The van der Waals surface area contributed by atoms with Gasteiger partial charge in [-0.15, -0.1) is 10.2 Å². The van der Waals surface area contributed by atoms with E-state index in [1.807, 2.05) is 45.0 Å². The molecule has 3 rings (SSSR count). The van der Waals surface area contributed by atoms with E-state index in [1.165, 1.54) is 12.7 Å². The molecule has 1 saturated carbocycles. The molecule has 1 aliphatic carbocycles. The maximum absolute atomic E-state index is 11.5. The fourth-order valence-electron chi connectivity index (χ4n) is 2.78. The van der Waals surface area contributed by atoms with Gasteiger partial charge in [0.25, 0.3) is 0 Å². The number of hydrogen-bond donors (Lipinski definition) is 1. The largest absolute Gasteiger partial charge is 0.465 e. The maximum Gasteiger partial charge on any atom is 0.337 e. The zero-order valence-corrected chi connectivity index (χ0v) is 15.2. The molecule has 0 saturated heterocycles. The van der Waals surface area contributed by atoms with E-state index in [9.17, 15) is 4.79 Å². The molecule has 0 unspecified atom stereocenters. The number of rotatable bonds is 6. The predicted octanol–water partition coefficient (Wildman–Crippen LogP) is 2.04. The highest BCUT2D eigenvalue weighted by Gasteiger charge is 2.43. The van der Waals surface area contributed by atoms with Crippen LogP contribution in [0.1, 0.15) is 55.4 Å². The van der Waals surface area contributed by atoms with Crippen LogP contribution in [0.2, 0.25) is 0 Å². The Hall–Kier alpha value is -2.28. The van der Waals surface area contributed by atoms with Gasteiger partial charge >= 0.3 is 5.97 Å². The lowest BCUT2D eigenvalue weighted by Crippen LogP contribution is -2.31. The van der Waals surface area contributed by atoms with Gasteiger partial charge in [0.05, 0.1) is 18.2 Å². The summed E-state index contributed by atoms with van der Waals surface area (Å²) in [6, 6.07) is 7.64. The summed E-state index contributed by atoms with van der Waals surface area (Å²) in [5, 5.41) is 16.3. The lowest BCUT2D eigenvalue weighted by Gasteiger charge is -2.18. The molecule has 1 fully saturated rings. The number of tetrazole rings is 1. The second-order valence-corrected chi connectivity index (χ2v) is 7.49.